The van der Waals surface area contributed by atoms with Crippen LogP contribution in [0.15, 0.2) is 35.1 Å². The van der Waals surface area contributed by atoms with Gasteiger partial charge in [-0.3, -0.25) is 9.58 Å². The maximum atomic E-state index is 5.40. The van der Waals surface area contributed by atoms with Crippen molar-refractivity contribution in [3.8, 4) is 0 Å². The highest BCUT2D eigenvalue weighted by atomic mass is 16.3. The zero-order valence-electron chi connectivity index (χ0n) is 11.2. The third-order valence-corrected chi connectivity index (χ3v) is 2.92. The van der Waals surface area contributed by atoms with E-state index < -0.39 is 0 Å². The lowest BCUT2D eigenvalue weighted by molar-refractivity contribution is 0.231. The molecule has 2 heterocycles. The van der Waals surface area contributed by atoms with Gasteiger partial charge in [0.15, 0.2) is 0 Å². The number of hydrogen-bond acceptors (Lipinski definition) is 3. The Hall–Kier alpha value is -1.55. The molecule has 4 heteroatoms. The summed E-state index contributed by atoms with van der Waals surface area (Å²) in [7, 11) is 0. The van der Waals surface area contributed by atoms with Crippen molar-refractivity contribution in [1.82, 2.24) is 14.7 Å². The first kappa shape index (κ1) is 12.9. The van der Waals surface area contributed by atoms with Crippen molar-refractivity contribution in [2.24, 2.45) is 0 Å². The first-order chi connectivity index (χ1) is 8.78. The quantitative estimate of drug-likeness (QED) is 0.754. The summed E-state index contributed by atoms with van der Waals surface area (Å²) in [5.41, 5.74) is 1.07. The molecule has 0 fully saturated rings. The van der Waals surface area contributed by atoms with Crippen molar-refractivity contribution < 1.29 is 4.42 Å². The topological polar surface area (TPSA) is 34.2 Å². The molecule has 0 unspecified atom stereocenters. The molecule has 0 spiro atoms. The van der Waals surface area contributed by atoms with Crippen molar-refractivity contribution in [3.63, 3.8) is 0 Å². The fraction of sp³-hybridized carbons (Fsp3) is 0.500. The average Bonchev–Trinajstić information content (AvgIpc) is 2.98. The largest absolute Gasteiger partial charge is 0.468 e. The zero-order chi connectivity index (χ0) is 12.8. The first-order valence-corrected chi connectivity index (χ1v) is 6.52. The Morgan fingerprint density at radius 1 is 1.33 bits per heavy atom. The number of aryl methyl sites for hydroxylation is 1. The van der Waals surface area contributed by atoms with Gasteiger partial charge in [-0.15, -0.1) is 0 Å². The van der Waals surface area contributed by atoms with Crippen LogP contribution < -0.4 is 0 Å². The zero-order valence-corrected chi connectivity index (χ0v) is 11.2. The van der Waals surface area contributed by atoms with Gasteiger partial charge >= 0.3 is 0 Å². The Morgan fingerprint density at radius 2 is 2.22 bits per heavy atom. The molecule has 2 rings (SSSR count). The van der Waals surface area contributed by atoms with Gasteiger partial charge in [0.25, 0.3) is 0 Å². The molecule has 0 bridgehead atoms. The van der Waals surface area contributed by atoms with E-state index in [4.69, 9.17) is 4.42 Å². The van der Waals surface area contributed by atoms with Gasteiger partial charge in [0.05, 0.1) is 25.0 Å². The molecular formula is C14H21N3O. The van der Waals surface area contributed by atoms with Crippen LogP contribution in [0.1, 0.15) is 24.8 Å². The first-order valence-electron chi connectivity index (χ1n) is 6.52. The maximum Gasteiger partial charge on any atom is 0.117 e. The van der Waals surface area contributed by atoms with E-state index in [-0.39, 0.29) is 0 Å². The van der Waals surface area contributed by atoms with Crippen LogP contribution in [0, 0.1) is 6.92 Å². The molecule has 0 amide bonds. The Labute approximate surface area is 108 Å². The number of rotatable bonds is 7. The molecule has 0 aliphatic rings. The number of hydrogen-bond donors (Lipinski definition) is 0. The van der Waals surface area contributed by atoms with Crippen LogP contribution in [0.5, 0.6) is 0 Å². The molecule has 18 heavy (non-hydrogen) atoms. The minimum atomic E-state index is 0.876. The second-order valence-electron chi connectivity index (χ2n) is 4.58. The lowest BCUT2D eigenvalue weighted by atomic mass is 10.3. The van der Waals surface area contributed by atoms with E-state index in [0.29, 0.717) is 0 Å². The van der Waals surface area contributed by atoms with Gasteiger partial charge in [0, 0.05) is 12.7 Å². The normalized spacial score (nSPS) is 11.3. The Kier molecular flexibility index (Phi) is 4.59. The van der Waals surface area contributed by atoms with Gasteiger partial charge in [-0.25, -0.2) is 0 Å². The highest BCUT2D eigenvalue weighted by molar-refractivity contribution is 4.98. The fourth-order valence-corrected chi connectivity index (χ4v) is 2.04. The molecule has 0 aromatic carbocycles. The van der Waals surface area contributed by atoms with Crippen LogP contribution in [-0.2, 0) is 13.1 Å². The molecule has 0 aliphatic heterocycles. The van der Waals surface area contributed by atoms with Crippen LogP contribution in [-0.4, -0.2) is 27.8 Å². The summed E-state index contributed by atoms with van der Waals surface area (Å²) in [5, 5.41) is 4.41. The van der Waals surface area contributed by atoms with E-state index in [1.165, 1.54) is 0 Å². The van der Waals surface area contributed by atoms with Crippen LogP contribution in [0.4, 0.5) is 0 Å². The predicted molar refractivity (Wildman–Crippen MR) is 71.2 cm³/mol. The van der Waals surface area contributed by atoms with Crippen molar-refractivity contribution in [1.29, 1.82) is 0 Å². The van der Waals surface area contributed by atoms with Gasteiger partial charge in [-0.05, 0) is 38.1 Å². The molecule has 0 saturated heterocycles. The van der Waals surface area contributed by atoms with Crippen molar-refractivity contribution in [3.05, 3.63) is 42.1 Å². The molecule has 98 valence electrons. The van der Waals surface area contributed by atoms with E-state index >= 15 is 0 Å². The van der Waals surface area contributed by atoms with E-state index in [9.17, 15) is 0 Å². The fourth-order valence-electron chi connectivity index (χ4n) is 2.04. The Morgan fingerprint density at radius 3 is 2.83 bits per heavy atom. The number of furan rings is 1. The summed E-state index contributed by atoms with van der Waals surface area (Å²) in [6.45, 7) is 8.10. The van der Waals surface area contributed by atoms with E-state index in [0.717, 1.165) is 44.1 Å². The Balaban J connectivity index is 1.86. The highest BCUT2D eigenvalue weighted by Gasteiger charge is 2.07. The molecule has 2 aromatic rings. The molecule has 2 aromatic heterocycles. The van der Waals surface area contributed by atoms with Gasteiger partial charge in [0.2, 0.25) is 0 Å². The summed E-state index contributed by atoms with van der Waals surface area (Å²) in [5.74, 6) is 1.03. The molecule has 0 N–H and O–H groups in total. The molecular weight excluding hydrogens is 226 g/mol. The summed E-state index contributed by atoms with van der Waals surface area (Å²) < 4.78 is 7.40. The summed E-state index contributed by atoms with van der Waals surface area (Å²) in [4.78, 5) is 2.40. The lowest BCUT2D eigenvalue weighted by Gasteiger charge is -2.20. The molecule has 0 aliphatic carbocycles. The third kappa shape index (κ3) is 3.74. The van der Waals surface area contributed by atoms with Gasteiger partial charge < -0.3 is 4.42 Å². The number of nitrogens with zero attached hydrogens (tertiary/aromatic N) is 3. The second-order valence-corrected chi connectivity index (χ2v) is 4.58. The number of aromatic nitrogens is 2. The Bertz CT molecular complexity index is 447. The summed E-state index contributed by atoms with van der Waals surface area (Å²) in [6, 6.07) is 6.01. The minimum absolute atomic E-state index is 0.876. The molecule has 0 saturated carbocycles. The van der Waals surface area contributed by atoms with Crippen molar-refractivity contribution in [2.45, 2.75) is 33.4 Å². The smallest absolute Gasteiger partial charge is 0.117 e. The lowest BCUT2D eigenvalue weighted by Crippen LogP contribution is -2.28. The van der Waals surface area contributed by atoms with E-state index in [1.54, 1.807) is 6.26 Å². The van der Waals surface area contributed by atoms with Gasteiger partial charge in [0.1, 0.15) is 5.76 Å². The van der Waals surface area contributed by atoms with Crippen LogP contribution in [0.3, 0.4) is 0 Å². The molecule has 4 nitrogen and oxygen atoms in total. The van der Waals surface area contributed by atoms with Crippen LogP contribution >= 0.6 is 0 Å². The molecule has 0 radical (unpaired) electrons. The van der Waals surface area contributed by atoms with Gasteiger partial charge in [-0.1, -0.05) is 6.92 Å². The second kappa shape index (κ2) is 6.40. The summed E-state index contributed by atoms with van der Waals surface area (Å²) >= 11 is 0. The van der Waals surface area contributed by atoms with Crippen molar-refractivity contribution >= 4 is 0 Å². The van der Waals surface area contributed by atoms with Gasteiger partial charge in [-0.2, -0.15) is 5.10 Å². The standard InChI is InChI=1S/C14H21N3O/c1-3-7-16(12-14-5-4-11-18-14)9-10-17-8-6-13(2)15-17/h4-6,8,11H,3,7,9-10,12H2,1-2H3. The summed E-state index contributed by atoms with van der Waals surface area (Å²) in [6.07, 6.45) is 4.92. The van der Waals surface area contributed by atoms with Crippen LogP contribution in [0.25, 0.3) is 0 Å². The third-order valence-electron chi connectivity index (χ3n) is 2.92. The highest BCUT2D eigenvalue weighted by Crippen LogP contribution is 2.06. The SMILES string of the molecule is CCCN(CCn1ccc(C)n1)Cc1ccco1. The van der Waals surface area contributed by atoms with Crippen molar-refractivity contribution in [2.75, 3.05) is 13.1 Å². The monoisotopic (exact) mass is 247 g/mol. The molecule has 0 atom stereocenters. The average molecular weight is 247 g/mol. The van der Waals surface area contributed by atoms with Crippen LogP contribution in [0.2, 0.25) is 0 Å². The predicted octanol–water partition coefficient (Wildman–Crippen LogP) is 2.70. The van der Waals surface area contributed by atoms with E-state index in [2.05, 4.69) is 16.9 Å². The maximum absolute atomic E-state index is 5.40. The minimum Gasteiger partial charge on any atom is -0.468 e. The van der Waals surface area contributed by atoms with E-state index in [1.807, 2.05) is 36.0 Å².